The maximum atomic E-state index is 12.6. The Bertz CT molecular complexity index is 1140. The number of carbonyl (C=O) groups excluding carboxylic acids is 1. The highest BCUT2D eigenvalue weighted by Gasteiger charge is 2.40. The van der Waals surface area contributed by atoms with Gasteiger partial charge < -0.3 is 15.1 Å². The van der Waals surface area contributed by atoms with E-state index in [4.69, 9.17) is 4.98 Å². The lowest BCUT2D eigenvalue weighted by atomic mass is 9.97. The Hall–Kier alpha value is -3.42. The number of benzene rings is 1. The lowest BCUT2D eigenvalue weighted by Crippen LogP contribution is -2.49. The van der Waals surface area contributed by atoms with E-state index in [9.17, 15) is 4.79 Å². The molecule has 174 valence electrons. The molecular formula is C25H33N7O. The third-order valence-corrected chi connectivity index (χ3v) is 6.40. The van der Waals surface area contributed by atoms with Gasteiger partial charge in [0.25, 0.3) is 0 Å². The molecule has 3 aromatic rings. The van der Waals surface area contributed by atoms with E-state index in [1.807, 2.05) is 10.9 Å². The number of nitrogens with zero attached hydrogens (tertiary/aromatic N) is 6. The summed E-state index contributed by atoms with van der Waals surface area (Å²) in [5, 5.41) is 7.86. The molecule has 1 atom stereocenters. The Labute approximate surface area is 195 Å². The largest absolute Gasteiger partial charge is 0.350 e. The Morgan fingerprint density at radius 1 is 1.21 bits per heavy atom. The lowest BCUT2D eigenvalue weighted by molar-refractivity contribution is -0.119. The van der Waals surface area contributed by atoms with Crippen LogP contribution >= 0.6 is 0 Å². The van der Waals surface area contributed by atoms with Crippen LogP contribution < -0.4 is 15.1 Å². The summed E-state index contributed by atoms with van der Waals surface area (Å²) in [6, 6.07) is 8.44. The second-order valence-electron chi connectivity index (χ2n) is 8.90. The number of rotatable bonds is 6. The van der Waals surface area contributed by atoms with Crippen LogP contribution in [0.15, 0.2) is 42.9 Å². The Kier molecular flexibility index (Phi) is 6.35. The van der Waals surface area contributed by atoms with Gasteiger partial charge in [0, 0.05) is 31.9 Å². The second-order valence-corrected chi connectivity index (χ2v) is 8.90. The highest BCUT2D eigenvalue weighted by Crippen LogP contribution is 2.37. The lowest BCUT2D eigenvalue weighted by Gasteiger charge is -2.36. The van der Waals surface area contributed by atoms with Crippen molar-refractivity contribution in [2.45, 2.75) is 59.2 Å². The molecular weight excluding hydrogens is 414 g/mol. The fraction of sp³-hybridized carbons (Fsp3) is 0.440. The Morgan fingerprint density at radius 3 is 2.85 bits per heavy atom. The van der Waals surface area contributed by atoms with Gasteiger partial charge in [0.05, 0.1) is 18.9 Å². The van der Waals surface area contributed by atoms with E-state index in [1.165, 1.54) is 11.1 Å². The van der Waals surface area contributed by atoms with Crippen LogP contribution in [0.1, 0.15) is 56.7 Å². The molecule has 0 radical (unpaired) electrons. The van der Waals surface area contributed by atoms with Crippen molar-refractivity contribution in [2.24, 2.45) is 0 Å². The SMILES string of the molecule is C.CC(C)c1ccccc1Cn1cc(CNc2ncc3c(n2)N2CCC[C@H]2C(=O)N3C)cn1. The zero-order valence-corrected chi connectivity index (χ0v) is 18.8. The Morgan fingerprint density at radius 2 is 2.03 bits per heavy atom. The van der Waals surface area contributed by atoms with E-state index in [1.54, 1.807) is 18.1 Å². The van der Waals surface area contributed by atoms with E-state index in [0.29, 0.717) is 18.4 Å². The van der Waals surface area contributed by atoms with Crippen molar-refractivity contribution in [3.63, 3.8) is 0 Å². The van der Waals surface area contributed by atoms with Crippen LogP contribution in [0.4, 0.5) is 17.5 Å². The third kappa shape index (κ3) is 4.29. The topological polar surface area (TPSA) is 79.2 Å². The molecule has 33 heavy (non-hydrogen) atoms. The summed E-state index contributed by atoms with van der Waals surface area (Å²) in [6.07, 6.45) is 7.57. The van der Waals surface area contributed by atoms with Gasteiger partial charge in [0.1, 0.15) is 11.7 Å². The normalized spacial score (nSPS) is 17.1. The van der Waals surface area contributed by atoms with Gasteiger partial charge in [0.2, 0.25) is 11.9 Å². The minimum Gasteiger partial charge on any atom is -0.350 e. The van der Waals surface area contributed by atoms with Gasteiger partial charge in [-0.1, -0.05) is 45.5 Å². The average molecular weight is 448 g/mol. The zero-order chi connectivity index (χ0) is 22.2. The van der Waals surface area contributed by atoms with Gasteiger partial charge in [0.15, 0.2) is 5.82 Å². The summed E-state index contributed by atoms with van der Waals surface area (Å²) in [6.45, 7) is 6.63. The quantitative estimate of drug-likeness (QED) is 0.614. The number of hydrogen-bond donors (Lipinski definition) is 1. The first-order valence-electron chi connectivity index (χ1n) is 11.3. The smallest absolute Gasteiger partial charge is 0.249 e. The molecule has 1 saturated heterocycles. The average Bonchev–Trinajstić information content (AvgIpc) is 3.46. The summed E-state index contributed by atoms with van der Waals surface area (Å²) in [5.41, 5.74) is 4.49. The highest BCUT2D eigenvalue weighted by atomic mass is 16.2. The number of aromatic nitrogens is 4. The molecule has 8 heteroatoms. The number of likely N-dealkylation sites (N-methyl/N-ethyl adjacent to an activating group) is 1. The molecule has 0 spiro atoms. The zero-order valence-electron chi connectivity index (χ0n) is 18.8. The van der Waals surface area contributed by atoms with Crippen LogP contribution in [-0.2, 0) is 17.9 Å². The van der Waals surface area contributed by atoms with E-state index in [0.717, 1.165) is 43.0 Å². The van der Waals surface area contributed by atoms with Gasteiger partial charge in [-0.05, 0) is 29.9 Å². The summed E-state index contributed by atoms with van der Waals surface area (Å²) >= 11 is 0. The summed E-state index contributed by atoms with van der Waals surface area (Å²) in [5.74, 6) is 2.02. The van der Waals surface area contributed by atoms with Gasteiger partial charge in [-0.25, -0.2) is 4.98 Å². The number of hydrogen-bond acceptors (Lipinski definition) is 6. The molecule has 2 aliphatic heterocycles. The Balaban J connectivity index is 0.00000259. The summed E-state index contributed by atoms with van der Waals surface area (Å²) < 4.78 is 1.97. The molecule has 1 N–H and O–H groups in total. The van der Waals surface area contributed by atoms with Gasteiger partial charge in [-0.3, -0.25) is 9.48 Å². The van der Waals surface area contributed by atoms with E-state index < -0.39 is 0 Å². The molecule has 1 amide bonds. The van der Waals surface area contributed by atoms with Gasteiger partial charge in [-0.15, -0.1) is 0 Å². The molecule has 2 aromatic heterocycles. The predicted molar refractivity (Wildman–Crippen MR) is 132 cm³/mol. The molecule has 1 fully saturated rings. The number of amides is 1. The monoisotopic (exact) mass is 447 g/mol. The van der Waals surface area contributed by atoms with Crippen molar-refractivity contribution in [1.29, 1.82) is 0 Å². The highest BCUT2D eigenvalue weighted by molar-refractivity contribution is 6.04. The van der Waals surface area contributed by atoms with Crippen LogP contribution in [-0.4, -0.2) is 45.3 Å². The molecule has 2 aliphatic rings. The molecule has 0 unspecified atom stereocenters. The van der Waals surface area contributed by atoms with Gasteiger partial charge >= 0.3 is 0 Å². The minimum absolute atomic E-state index is 0. The minimum atomic E-state index is -0.0952. The van der Waals surface area contributed by atoms with Crippen molar-refractivity contribution >= 4 is 23.4 Å². The van der Waals surface area contributed by atoms with Crippen molar-refractivity contribution in [2.75, 3.05) is 28.7 Å². The first-order chi connectivity index (χ1) is 15.5. The van der Waals surface area contributed by atoms with E-state index >= 15 is 0 Å². The second kappa shape index (κ2) is 9.21. The maximum absolute atomic E-state index is 12.6. The fourth-order valence-electron chi connectivity index (χ4n) is 4.70. The van der Waals surface area contributed by atoms with Crippen molar-refractivity contribution < 1.29 is 4.79 Å². The molecule has 1 aromatic carbocycles. The number of carbonyl (C=O) groups is 1. The number of nitrogens with one attached hydrogen (secondary N) is 1. The first kappa shape index (κ1) is 22.8. The number of anilines is 3. The maximum Gasteiger partial charge on any atom is 0.249 e. The third-order valence-electron chi connectivity index (χ3n) is 6.40. The molecule has 0 saturated carbocycles. The molecule has 4 heterocycles. The standard InChI is InChI=1S/C24H29N7O.CH4/c1-16(2)19-8-5-4-7-18(19)15-30-14-17(12-27-30)11-25-24-26-13-21-22(28-24)31-10-6-9-20(31)23(32)29(21)3;/h4-5,7-8,12-14,16,20H,6,9-11,15H2,1-3H3,(H,25,26,28);1H4/t20-;/m0./s1. The summed E-state index contributed by atoms with van der Waals surface area (Å²) in [7, 11) is 1.80. The molecule has 8 nitrogen and oxygen atoms in total. The molecule has 5 rings (SSSR count). The van der Waals surface area contributed by atoms with Crippen molar-refractivity contribution in [1.82, 2.24) is 19.7 Å². The van der Waals surface area contributed by atoms with Crippen LogP contribution in [0.5, 0.6) is 0 Å². The number of fused-ring (bicyclic) bond motifs is 3. The molecule has 0 bridgehead atoms. The fourth-order valence-corrected chi connectivity index (χ4v) is 4.70. The van der Waals surface area contributed by atoms with Gasteiger partial charge in [-0.2, -0.15) is 10.1 Å². The molecule has 0 aliphatic carbocycles. The van der Waals surface area contributed by atoms with Crippen LogP contribution in [0.2, 0.25) is 0 Å². The van der Waals surface area contributed by atoms with E-state index in [-0.39, 0.29) is 19.4 Å². The predicted octanol–water partition coefficient (Wildman–Crippen LogP) is 4.04. The van der Waals surface area contributed by atoms with Crippen molar-refractivity contribution in [3.8, 4) is 0 Å². The summed E-state index contributed by atoms with van der Waals surface area (Å²) in [4.78, 5) is 25.6. The van der Waals surface area contributed by atoms with E-state index in [2.05, 4.69) is 64.6 Å². The van der Waals surface area contributed by atoms with Crippen molar-refractivity contribution in [3.05, 3.63) is 59.5 Å². The van der Waals surface area contributed by atoms with Crippen LogP contribution in [0.3, 0.4) is 0 Å². The first-order valence-corrected chi connectivity index (χ1v) is 11.3. The van der Waals surface area contributed by atoms with Crippen LogP contribution in [0, 0.1) is 0 Å². The van der Waals surface area contributed by atoms with Crippen LogP contribution in [0.25, 0.3) is 0 Å².